The predicted octanol–water partition coefficient (Wildman–Crippen LogP) is 1.41. The number of ether oxygens (including phenoxy) is 2. The molecule has 0 saturated heterocycles. The van der Waals surface area contributed by atoms with Gasteiger partial charge in [0, 0.05) is 11.8 Å². The van der Waals surface area contributed by atoms with Crippen LogP contribution in [0.25, 0.3) is 0 Å². The van der Waals surface area contributed by atoms with Crippen LogP contribution in [0.15, 0.2) is 12.2 Å². The first-order valence-electron chi connectivity index (χ1n) is 7.23. The van der Waals surface area contributed by atoms with E-state index in [9.17, 15) is 14.4 Å². The van der Waals surface area contributed by atoms with E-state index in [1.807, 2.05) is 6.08 Å². The second-order valence-electron chi connectivity index (χ2n) is 5.77. The molecule has 5 nitrogen and oxygen atoms in total. The Labute approximate surface area is 117 Å². The van der Waals surface area contributed by atoms with Crippen molar-refractivity contribution in [1.29, 1.82) is 0 Å². The van der Waals surface area contributed by atoms with Gasteiger partial charge in [0.25, 0.3) is 0 Å². The molecule has 0 aromatic carbocycles. The number of hydrogen-bond donors (Lipinski definition) is 0. The summed E-state index contributed by atoms with van der Waals surface area (Å²) >= 11 is 0. The quantitative estimate of drug-likeness (QED) is 0.574. The molecule has 3 aliphatic rings. The Balaban J connectivity index is 1.44. The highest BCUT2D eigenvalue weighted by Crippen LogP contribution is 2.41. The van der Waals surface area contributed by atoms with E-state index in [-0.39, 0.29) is 30.3 Å². The van der Waals surface area contributed by atoms with Crippen molar-refractivity contribution in [3.63, 3.8) is 0 Å². The van der Waals surface area contributed by atoms with Crippen molar-refractivity contribution in [1.82, 2.24) is 0 Å². The molecule has 5 heteroatoms. The molecule has 108 valence electrons. The van der Waals surface area contributed by atoms with Gasteiger partial charge in [0.1, 0.15) is 11.9 Å². The van der Waals surface area contributed by atoms with Crippen LogP contribution in [0.2, 0.25) is 0 Å². The minimum Gasteiger partial charge on any atom is -0.460 e. The SMILES string of the molecule is O=C(COC(=O)C1CC2C=CC1C2=O)OC1CCCC1. The summed E-state index contributed by atoms with van der Waals surface area (Å²) in [5.74, 6) is -1.76. The molecule has 0 N–H and O–H groups in total. The summed E-state index contributed by atoms with van der Waals surface area (Å²) in [7, 11) is 0. The summed E-state index contributed by atoms with van der Waals surface area (Å²) in [5.41, 5.74) is 0. The van der Waals surface area contributed by atoms with E-state index in [4.69, 9.17) is 9.47 Å². The number of rotatable bonds is 4. The molecule has 20 heavy (non-hydrogen) atoms. The molecule has 3 unspecified atom stereocenters. The molecule has 2 saturated carbocycles. The van der Waals surface area contributed by atoms with Crippen molar-refractivity contribution >= 4 is 17.7 Å². The average Bonchev–Trinajstić information content (AvgIpc) is 3.14. The van der Waals surface area contributed by atoms with Crippen molar-refractivity contribution < 1.29 is 23.9 Å². The average molecular weight is 278 g/mol. The lowest BCUT2D eigenvalue weighted by Gasteiger charge is -2.16. The zero-order chi connectivity index (χ0) is 14.1. The van der Waals surface area contributed by atoms with Gasteiger partial charge in [-0.3, -0.25) is 9.59 Å². The van der Waals surface area contributed by atoms with E-state index >= 15 is 0 Å². The van der Waals surface area contributed by atoms with E-state index in [0.29, 0.717) is 6.42 Å². The largest absolute Gasteiger partial charge is 0.460 e. The van der Waals surface area contributed by atoms with Crippen molar-refractivity contribution in [3.8, 4) is 0 Å². The van der Waals surface area contributed by atoms with Crippen molar-refractivity contribution in [2.75, 3.05) is 6.61 Å². The minimum absolute atomic E-state index is 0.0202. The zero-order valence-electron chi connectivity index (χ0n) is 11.2. The van der Waals surface area contributed by atoms with Crippen LogP contribution >= 0.6 is 0 Å². The van der Waals surface area contributed by atoms with Crippen LogP contribution in [-0.4, -0.2) is 30.4 Å². The zero-order valence-corrected chi connectivity index (χ0v) is 11.2. The summed E-state index contributed by atoms with van der Waals surface area (Å²) in [6, 6.07) is 0. The lowest BCUT2D eigenvalue weighted by molar-refractivity contribution is -0.164. The lowest BCUT2D eigenvalue weighted by atomic mass is 9.94. The standard InChI is InChI=1S/C15H18O5/c16-13(20-10-3-1-2-4-10)8-19-15(18)12-7-9-5-6-11(12)14(9)17/h5-6,9-12H,1-4,7-8H2. The predicted molar refractivity (Wildman–Crippen MR) is 68.5 cm³/mol. The summed E-state index contributed by atoms with van der Waals surface area (Å²) in [5, 5.41) is 0. The molecule has 0 radical (unpaired) electrons. The molecule has 2 fully saturated rings. The molecule has 3 atom stereocenters. The molecular formula is C15H18O5. The third-order valence-electron chi connectivity index (χ3n) is 4.42. The first-order valence-corrected chi connectivity index (χ1v) is 7.23. The Morgan fingerprint density at radius 2 is 1.95 bits per heavy atom. The van der Waals surface area contributed by atoms with Crippen LogP contribution in [0, 0.1) is 17.8 Å². The normalized spacial score (nSPS) is 31.8. The maximum atomic E-state index is 11.9. The van der Waals surface area contributed by atoms with Crippen molar-refractivity contribution in [2.45, 2.75) is 38.2 Å². The van der Waals surface area contributed by atoms with E-state index in [0.717, 1.165) is 25.7 Å². The van der Waals surface area contributed by atoms with Crippen LogP contribution < -0.4 is 0 Å². The van der Waals surface area contributed by atoms with Gasteiger partial charge in [-0.05, 0) is 32.1 Å². The molecule has 2 bridgehead atoms. The highest BCUT2D eigenvalue weighted by Gasteiger charge is 2.47. The number of Topliss-reactive ketones (excluding diaryl/α,β-unsaturated/α-hetero) is 1. The van der Waals surface area contributed by atoms with Gasteiger partial charge >= 0.3 is 11.9 Å². The number of allylic oxidation sites excluding steroid dienone is 2. The fourth-order valence-electron chi connectivity index (χ4n) is 3.34. The molecule has 3 rings (SSSR count). The van der Waals surface area contributed by atoms with Gasteiger partial charge in [0.15, 0.2) is 6.61 Å². The Morgan fingerprint density at radius 1 is 1.20 bits per heavy atom. The Morgan fingerprint density at radius 3 is 2.55 bits per heavy atom. The van der Waals surface area contributed by atoms with Gasteiger partial charge in [0.05, 0.1) is 5.92 Å². The van der Waals surface area contributed by atoms with Gasteiger partial charge in [-0.1, -0.05) is 12.2 Å². The minimum atomic E-state index is -0.490. The Bertz CT molecular complexity index is 461. The smallest absolute Gasteiger partial charge is 0.344 e. The Kier molecular flexibility index (Phi) is 3.59. The Hall–Kier alpha value is -1.65. The summed E-state index contributed by atoms with van der Waals surface area (Å²) in [6.07, 6.45) is 8.07. The van der Waals surface area contributed by atoms with Gasteiger partial charge in [-0.15, -0.1) is 0 Å². The van der Waals surface area contributed by atoms with E-state index < -0.39 is 17.9 Å². The number of carbonyl (C=O) groups excluding carboxylic acids is 3. The number of carbonyl (C=O) groups is 3. The molecule has 0 aromatic heterocycles. The molecule has 0 spiro atoms. The van der Waals surface area contributed by atoms with Crippen LogP contribution in [-0.2, 0) is 23.9 Å². The summed E-state index contributed by atoms with van der Waals surface area (Å²) in [6.45, 7) is -0.346. The maximum Gasteiger partial charge on any atom is 0.344 e. The fraction of sp³-hybridized carbons (Fsp3) is 0.667. The highest BCUT2D eigenvalue weighted by atomic mass is 16.6. The van der Waals surface area contributed by atoms with Crippen LogP contribution in [0.4, 0.5) is 0 Å². The molecule has 0 heterocycles. The molecule has 0 amide bonds. The highest BCUT2D eigenvalue weighted by molar-refractivity contribution is 5.97. The maximum absolute atomic E-state index is 11.9. The molecule has 0 aromatic rings. The van der Waals surface area contributed by atoms with Crippen molar-refractivity contribution in [2.24, 2.45) is 17.8 Å². The van der Waals surface area contributed by atoms with Crippen LogP contribution in [0.5, 0.6) is 0 Å². The lowest BCUT2D eigenvalue weighted by Crippen LogP contribution is -2.27. The van der Waals surface area contributed by atoms with E-state index in [2.05, 4.69) is 0 Å². The second kappa shape index (κ2) is 5.38. The van der Waals surface area contributed by atoms with Crippen LogP contribution in [0.3, 0.4) is 0 Å². The molecule has 3 aliphatic carbocycles. The molecular weight excluding hydrogens is 260 g/mol. The summed E-state index contributed by atoms with van der Waals surface area (Å²) < 4.78 is 10.2. The number of hydrogen-bond acceptors (Lipinski definition) is 5. The van der Waals surface area contributed by atoms with Gasteiger partial charge < -0.3 is 9.47 Å². The second-order valence-corrected chi connectivity index (χ2v) is 5.77. The van der Waals surface area contributed by atoms with Gasteiger partial charge in [0.2, 0.25) is 0 Å². The number of ketones is 1. The van der Waals surface area contributed by atoms with Crippen LogP contribution in [0.1, 0.15) is 32.1 Å². The summed E-state index contributed by atoms with van der Waals surface area (Å²) in [4.78, 5) is 35.2. The fourth-order valence-corrected chi connectivity index (χ4v) is 3.34. The third kappa shape index (κ3) is 2.49. The van der Waals surface area contributed by atoms with E-state index in [1.165, 1.54) is 0 Å². The topological polar surface area (TPSA) is 69.7 Å². The molecule has 0 aliphatic heterocycles. The first kappa shape index (κ1) is 13.3. The van der Waals surface area contributed by atoms with Gasteiger partial charge in [-0.25, -0.2) is 4.79 Å². The number of fused-ring (bicyclic) bond motifs is 2. The third-order valence-corrected chi connectivity index (χ3v) is 4.42. The first-order chi connectivity index (χ1) is 9.65. The van der Waals surface area contributed by atoms with E-state index in [1.54, 1.807) is 6.08 Å². The van der Waals surface area contributed by atoms with Gasteiger partial charge in [-0.2, -0.15) is 0 Å². The number of esters is 2. The monoisotopic (exact) mass is 278 g/mol. The van der Waals surface area contributed by atoms with Crippen molar-refractivity contribution in [3.05, 3.63) is 12.2 Å².